The summed E-state index contributed by atoms with van der Waals surface area (Å²) in [5, 5.41) is 3.18. The van der Waals surface area contributed by atoms with Crippen molar-refractivity contribution in [3.8, 4) is 0 Å². The number of hydrogen-bond donors (Lipinski definition) is 1. The molecule has 0 saturated carbocycles. The van der Waals surface area contributed by atoms with Gasteiger partial charge in [-0.3, -0.25) is 0 Å². The summed E-state index contributed by atoms with van der Waals surface area (Å²) in [4.78, 5) is 0. The molecule has 0 saturated heterocycles. The molecule has 0 aliphatic heterocycles. The van der Waals surface area contributed by atoms with Crippen molar-refractivity contribution in [1.82, 2.24) is 5.32 Å². The second kappa shape index (κ2) is 7.40. The molecular weight excluding hydrogens is 211 g/mol. The molecule has 0 aromatic carbocycles. The number of nitrogens with one attached hydrogen (secondary N) is 1. The summed E-state index contributed by atoms with van der Waals surface area (Å²) in [7, 11) is 0. The van der Waals surface area contributed by atoms with E-state index in [0.717, 1.165) is 12.3 Å². The van der Waals surface area contributed by atoms with Crippen LogP contribution >= 0.6 is 11.8 Å². The molecule has 0 amide bonds. The third kappa shape index (κ3) is 10.2. The van der Waals surface area contributed by atoms with Crippen molar-refractivity contribution in [3.63, 3.8) is 0 Å². The SMILES string of the molecule is CSCCNC(C)CCCC(F)(F)F. The number of alkyl halides is 3. The fourth-order valence-corrected chi connectivity index (χ4v) is 1.44. The van der Waals surface area contributed by atoms with Crippen LogP contribution in [0.3, 0.4) is 0 Å². The van der Waals surface area contributed by atoms with Crippen LogP contribution in [0.4, 0.5) is 13.2 Å². The number of hydrogen-bond acceptors (Lipinski definition) is 2. The molecule has 0 aromatic heterocycles. The molecule has 86 valence electrons. The van der Waals surface area contributed by atoms with Gasteiger partial charge in [0.15, 0.2) is 0 Å². The van der Waals surface area contributed by atoms with E-state index in [1.54, 1.807) is 11.8 Å². The van der Waals surface area contributed by atoms with Crippen LogP contribution in [0.1, 0.15) is 26.2 Å². The Labute approximate surface area is 87.8 Å². The third-order valence-electron chi connectivity index (χ3n) is 1.90. The van der Waals surface area contributed by atoms with Crippen LogP contribution in [0.5, 0.6) is 0 Å². The summed E-state index contributed by atoms with van der Waals surface area (Å²) in [6.07, 6.45) is -1.85. The molecule has 14 heavy (non-hydrogen) atoms. The molecule has 0 heterocycles. The lowest BCUT2D eigenvalue weighted by molar-refractivity contribution is -0.135. The predicted molar refractivity (Wildman–Crippen MR) is 55.8 cm³/mol. The minimum Gasteiger partial charge on any atom is -0.313 e. The number of halogens is 3. The van der Waals surface area contributed by atoms with Crippen molar-refractivity contribution in [2.24, 2.45) is 0 Å². The van der Waals surface area contributed by atoms with Crippen LogP contribution in [0, 0.1) is 0 Å². The molecule has 1 atom stereocenters. The van der Waals surface area contributed by atoms with Gasteiger partial charge in [-0.2, -0.15) is 24.9 Å². The van der Waals surface area contributed by atoms with Gasteiger partial charge in [-0.1, -0.05) is 0 Å². The van der Waals surface area contributed by atoms with Crippen LogP contribution in [0.25, 0.3) is 0 Å². The van der Waals surface area contributed by atoms with Gasteiger partial charge in [0.05, 0.1) is 0 Å². The zero-order chi connectivity index (χ0) is 11.0. The molecule has 0 rings (SSSR count). The van der Waals surface area contributed by atoms with Crippen molar-refractivity contribution in [2.45, 2.75) is 38.4 Å². The van der Waals surface area contributed by atoms with Crippen molar-refractivity contribution >= 4 is 11.8 Å². The minimum atomic E-state index is -4.00. The molecule has 1 unspecified atom stereocenters. The maximum atomic E-state index is 11.8. The second-order valence-electron chi connectivity index (χ2n) is 3.36. The summed E-state index contributed by atoms with van der Waals surface area (Å²) >= 11 is 1.73. The first kappa shape index (κ1) is 14.1. The van der Waals surface area contributed by atoms with Crippen LogP contribution in [0.2, 0.25) is 0 Å². The first-order valence-electron chi connectivity index (χ1n) is 4.75. The van der Waals surface area contributed by atoms with Gasteiger partial charge in [0.25, 0.3) is 0 Å². The summed E-state index contributed by atoms with van der Waals surface area (Å²) in [5.41, 5.74) is 0. The zero-order valence-corrected chi connectivity index (χ0v) is 9.47. The molecule has 0 aliphatic rings. The highest BCUT2D eigenvalue weighted by Gasteiger charge is 2.26. The minimum absolute atomic E-state index is 0.185. The van der Waals surface area contributed by atoms with Crippen LogP contribution in [-0.4, -0.2) is 30.8 Å². The van der Waals surface area contributed by atoms with Gasteiger partial charge in [-0.05, 0) is 26.0 Å². The van der Waals surface area contributed by atoms with E-state index in [1.807, 2.05) is 13.2 Å². The number of rotatable bonds is 7. The quantitative estimate of drug-likeness (QED) is 0.673. The monoisotopic (exact) mass is 229 g/mol. The highest BCUT2D eigenvalue weighted by molar-refractivity contribution is 7.98. The molecule has 0 fully saturated rings. The summed E-state index contributed by atoms with van der Waals surface area (Å²) in [5.74, 6) is 1.00. The molecule has 0 spiro atoms. The van der Waals surface area contributed by atoms with Crippen molar-refractivity contribution < 1.29 is 13.2 Å². The normalized spacial score (nSPS) is 14.4. The van der Waals surface area contributed by atoms with Gasteiger partial charge in [0.2, 0.25) is 0 Å². The Kier molecular flexibility index (Phi) is 7.45. The second-order valence-corrected chi connectivity index (χ2v) is 4.34. The lowest BCUT2D eigenvalue weighted by Gasteiger charge is -2.13. The van der Waals surface area contributed by atoms with Gasteiger partial charge in [0.1, 0.15) is 0 Å². The van der Waals surface area contributed by atoms with E-state index in [4.69, 9.17) is 0 Å². The number of thioether (sulfide) groups is 1. The first-order valence-corrected chi connectivity index (χ1v) is 6.14. The Morgan fingerprint density at radius 3 is 2.50 bits per heavy atom. The van der Waals surface area contributed by atoms with E-state index >= 15 is 0 Å². The third-order valence-corrected chi connectivity index (χ3v) is 2.51. The van der Waals surface area contributed by atoms with E-state index in [9.17, 15) is 13.2 Å². The van der Waals surface area contributed by atoms with E-state index in [-0.39, 0.29) is 12.5 Å². The fourth-order valence-electron chi connectivity index (χ4n) is 1.12. The maximum Gasteiger partial charge on any atom is 0.389 e. The van der Waals surface area contributed by atoms with Gasteiger partial charge in [-0.15, -0.1) is 0 Å². The van der Waals surface area contributed by atoms with Crippen LogP contribution in [0.15, 0.2) is 0 Å². The zero-order valence-electron chi connectivity index (χ0n) is 8.66. The van der Waals surface area contributed by atoms with E-state index in [0.29, 0.717) is 6.42 Å². The predicted octanol–water partition coefficient (Wildman–Crippen LogP) is 3.06. The average molecular weight is 229 g/mol. The van der Waals surface area contributed by atoms with E-state index in [1.165, 1.54) is 0 Å². The van der Waals surface area contributed by atoms with Crippen LogP contribution < -0.4 is 5.32 Å². The topological polar surface area (TPSA) is 12.0 Å². The fraction of sp³-hybridized carbons (Fsp3) is 1.00. The molecule has 1 nitrogen and oxygen atoms in total. The van der Waals surface area contributed by atoms with Crippen molar-refractivity contribution in [1.29, 1.82) is 0 Å². The smallest absolute Gasteiger partial charge is 0.313 e. The van der Waals surface area contributed by atoms with Crippen LogP contribution in [-0.2, 0) is 0 Å². The van der Waals surface area contributed by atoms with Gasteiger partial charge >= 0.3 is 6.18 Å². The molecule has 0 aliphatic carbocycles. The van der Waals surface area contributed by atoms with Gasteiger partial charge in [0, 0.05) is 24.8 Å². The van der Waals surface area contributed by atoms with E-state index < -0.39 is 12.6 Å². The van der Waals surface area contributed by atoms with Crippen molar-refractivity contribution in [2.75, 3.05) is 18.6 Å². The molecule has 0 aromatic rings. The van der Waals surface area contributed by atoms with Gasteiger partial charge in [-0.25, -0.2) is 0 Å². The molecule has 0 bridgehead atoms. The largest absolute Gasteiger partial charge is 0.389 e. The van der Waals surface area contributed by atoms with E-state index in [2.05, 4.69) is 5.32 Å². The Hall–Kier alpha value is 0.100. The Morgan fingerprint density at radius 1 is 1.36 bits per heavy atom. The lowest BCUT2D eigenvalue weighted by atomic mass is 10.1. The standard InChI is InChI=1S/C9H18F3NS/c1-8(13-6-7-14-2)4-3-5-9(10,11)12/h8,13H,3-7H2,1-2H3. The highest BCUT2D eigenvalue weighted by atomic mass is 32.2. The Balaban J connectivity index is 3.31. The molecular formula is C9H18F3NS. The van der Waals surface area contributed by atoms with Crippen molar-refractivity contribution in [3.05, 3.63) is 0 Å². The molecule has 5 heteroatoms. The summed E-state index contributed by atoms with van der Waals surface area (Å²) in [6.45, 7) is 2.80. The Bertz CT molecular complexity index is 139. The lowest BCUT2D eigenvalue weighted by Crippen LogP contribution is -2.28. The molecule has 0 radical (unpaired) electrons. The average Bonchev–Trinajstić information content (AvgIpc) is 2.02. The maximum absolute atomic E-state index is 11.8. The Morgan fingerprint density at radius 2 is 2.00 bits per heavy atom. The summed E-state index contributed by atoms with van der Waals surface area (Å²) < 4.78 is 35.4. The van der Waals surface area contributed by atoms with Gasteiger partial charge < -0.3 is 5.32 Å². The summed E-state index contributed by atoms with van der Waals surface area (Å²) in [6, 6.07) is 0.185. The first-order chi connectivity index (χ1) is 6.45. The molecule has 1 N–H and O–H groups in total. The highest BCUT2D eigenvalue weighted by Crippen LogP contribution is 2.22.